The van der Waals surface area contributed by atoms with Gasteiger partial charge in [-0.2, -0.15) is 5.06 Å². The molecule has 13 heavy (non-hydrogen) atoms. The standard InChI is InChI=1S/C7H11N3O3/c1-5-8-9-7(13-5)3-10-2-6(11)4-12-10/h6,11H,2-4H2,1H3. The summed E-state index contributed by atoms with van der Waals surface area (Å²) in [4.78, 5) is 5.13. The molecule has 0 aliphatic carbocycles. The molecule has 0 amide bonds. The minimum atomic E-state index is -0.413. The van der Waals surface area contributed by atoms with Crippen LogP contribution in [0.2, 0.25) is 0 Å². The predicted molar refractivity (Wildman–Crippen MR) is 41.4 cm³/mol. The third kappa shape index (κ3) is 2.03. The van der Waals surface area contributed by atoms with Gasteiger partial charge in [0.25, 0.3) is 0 Å². The number of aliphatic hydroxyl groups is 1. The van der Waals surface area contributed by atoms with Gasteiger partial charge >= 0.3 is 0 Å². The van der Waals surface area contributed by atoms with Gasteiger partial charge < -0.3 is 9.52 Å². The zero-order valence-corrected chi connectivity index (χ0v) is 7.30. The maximum atomic E-state index is 9.15. The fourth-order valence-corrected chi connectivity index (χ4v) is 1.19. The number of hydroxylamine groups is 2. The van der Waals surface area contributed by atoms with Gasteiger partial charge in [-0.25, -0.2) is 0 Å². The number of nitrogens with zero attached hydrogens (tertiary/aromatic N) is 3. The normalized spacial score (nSPS) is 24.0. The highest BCUT2D eigenvalue weighted by Gasteiger charge is 2.22. The molecule has 1 unspecified atom stereocenters. The molecule has 2 rings (SSSR count). The lowest BCUT2D eigenvalue weighted by atomic mass is 10.4. The van der Waals surface area contributed by atoms with Crippen molar-refractivity contribution in [1.82, 2.24) is 15.3 Å². The average molecular weight is 185 g/mol. The van der Waals surface area contributed by atoms with Crippen LogP contribution in [0, 0.1) is 6.92 Å². The molecule has 0 saturated carbocycles. The van der Waals surface area contributed by atoms with Gasteiger partial charge in [0.1, 0.15) is 6.54 Å². The molecule has 1 atom stereocenters. The van der Waals surface area contributed by atoms with Crippen LogP contribution in [-0.4, -0.2) is 39.6 Å². The summed E-state index contributed by atoms with van der Waals surface area (Å²) in [6, 6.07) is 0. The molecule has 1 aliphatic rings. The predicted octanol–water partition coefficient (Wildman–Crippen LogP) is -0.514. The summed E-state index contributed by atoms with van der Waals surface area (Å²) < 4.78 is 5.16. The van der Waals surface area contributed by atoms with E-state index in [0.29, 0.717) is 31.5 Å². The highest BCUT2D eigenvalue weighted by atomic mass is 16.7. The Morgan fingerprint density at radius 3 is 3.00 bits per heavy atom. The van der Waals surface area contributed by atoms with Crippen LogP contribution in [0.3, 0.4) is 0 Å². The number of aromatic nitrogens is 2. The molecule has 1 fully saturated rings. The minimum Gasteiger partial charge on any atom is -0.424 e. The number of aliphatic hydroxyl groups excluding tert-OH is 1. The van der Waals surface area contributed by atoms with Crippen LogP contribution in [0.4, 0.5) is 0 Å². The van der Waals surface area contributed by atoms with Crippen molar-refractivity contribution in [1.29, 1.82) is 0 Å². The van der Waals surface area contributed by atoms with Gasteiger partial charge in [-0.15, -0.1) is 10.2 Å². The fraction of sp³-hybridized carbons (Fsp3) is 0.714. The van der Waals surface area contributed by atoms with E-state index >= 15 is 0 Å². The number of hydrogen-bond donors (Lipinski definition) is 1. The second-order valence-electron chi connectivity index (χ2n) is 2.99. The van der Waals surface area contributed by atoms with Crippen molar-refractivity contribution < 1.29 is 14.4 Å². The molecule has 72 valence electrons. The molecule has 0 aromatic carbocycles. The van der Waals surface area contributed by atoms with E-state index in [2.05, 4.69) is 10.2 Å². The zero-order chi connectivity index (χ0) is 9.26. The lowest BCUT2D eigenvalue weighted by Crippen LogP contribution is -2.20. The van der Waals surface area contributed by atoms with Gasteiger partial charge in [0.15, 0.2) is 0 Å². The maximum Gasteiger partial charge on any atom is 0.232 e. The summed E-state index contributed by atoms with van der Waals surface area (Å²) in [5.41, 5.74) is 0. The molecule has 0 bridgehead atoms. The van der Waals surface area contributed by atoms with Crippen LogP contribution in [0.5, 0.6) is 0 Å². The van der Waals surface area contributed by atoms with Gasteiger partial charge in [-0.05, 0) is 0 Å². The third-order valence-electron chi connectivity index (χ3n) is 1.74. The lowest BCUT2D eigenvalue weighted by molar-refractivity contribution is -0.122. The van der Waals surface area contributed by atoms with Gasteiger partial charge in [-0.1, -0.05) is 0 Å². The topological polar surface area (TPSA) is 71.6 Å². The molecular formula is C7H11N3O3. The molecule has 1 aromatic rings. The molecule has 6 heteroatoms. The van der Waals surface area contributed by atoms with Crippen LogP contribution in [0.1, 0.15) is 11.8 Å². The van der Waals surface area contributed by atoms with Crippen LogP contribution >= 0.6 is 0 Å². The monoisotopic (exact) mass is 185 g/mol. The van der Waals surface area contributed by atoms with Crippen LogP contribution < -0.4 is 0 Å². The molecule has 1 saturated heterocycles. The van der Waals surface area contributed by atoms with Crippen molar-refractivity contribution in [2.24, 2.45) is 0 Å². The quantitative estimate of drug-likeness (QED) is 0.668. The Labute approximate surface area is 75.1 Å². The van der Waals surface area contributed by atoms with Gasteiger partial charge in [0.05, 0.1) is 19.3 Å². The Morgan fingerprint density at radius 2 is 2.46 bits per heavy atom. The Kier molecular flexibility index (Phi) is 2.26. The second kappa shape index (κ2) is 3.41. The molecule has 1 aliphatic heterocycles. The largest absolute Gasteiger partial charge is 0.424 e. The molecule has 0 radical (unpaired) electrons. The summed E-state index contributed by atoms with van der Waals surface area (Å²) in [6.45, 7) is 2.99. The molecule has 6 nitrogen and oxygen atoms in total. The van der Waals surface area contributed by atoms with Crippen molar-refractivity contribution in [2.75, 3.05) is 13.2 Å². The first-order chi connectivity index (χ1) is 6.24. The highest BCUT2D eigenvalue weighted by Crippen LogP contribution is 2.10. The second-order valence-corrected chi connectivity index (χ2v) is 2.99. The summed E-state index contributed by atoms with van der Waals surface area (Å²) in [5.74, 6) is 1.04. The van der Waals surface area contributed by atoms with E-state index in [1.54, 1.807) is 12.0 Å². The smallest absolute Gasteiger partial charge is 0.232 e. The molecular weight excluding hydrogens is 174 g/mol. The van der Waals surface area contributed by atoms with Crippen LogP contribution in [0.25, 0.3) is 0 Å². The van der Waals surface area contributed by atoms with Crippen molar-refractivity contribution in [2.45, 2.75) is 19.6 Å². The van der Waals surface area contributed by atoms with Crippen molar-refractivity contribution in [3.63, 3.8) is 0 Å². The number of β-amino-alcohol motifs (C(OH)–C–C–N with tert-alkyl or cyclic N) is 1. The minimum absolute atomic E-state index is 0.340. The van der Waals surface area contributed by atoms with Gasteiger partial charge in [-0.3, -0.25) is 4.84 Å². The first kappa shape index (κ1) is 8.61. The SMILES string of the molecule is Cc1nnc(CN2CC(O)CO2)o1. The number of aryl methyl sites for hydroxylation is 1. The summed E-state index contributed by atoms with van der Waals surface area (Å²) in [6.07, 6.45) is -0.413. The first-order valence-corrected chi connectivity index (χ1v) is 4.09. The van der Waals surface area contributed by atoms with E-state index in [1.807, 2.05) is 0 Å². The first-order valence-electron chi connectivity index (χ1n) is 4.09. The van der Waals surface area contributed by atoms with Gasteiger partial charge in [0.2, 0.25) is 11.8 Å². The molecule has 1 aromatic heterocycles. The Hall–Kier alpha value is -0.980. The van der Waals surface area contributed by atoms with E-state index in [9.17, 15) is 0 Å². The van der Waals surface area contributed by atoms with E-state index < -0.39 is 6.10 Å². The summed E-state index contributed by atoms with van der Waals surface area (Å²) in [5, 5.41) is 18.3. The van der Waals surface area contributed by atoms with Crippen molar-refractivity contribution in [3.8, 4) is 0 Å². The lowest BCUT2D eigenvalue weighted by Gasteiger charge is -2.09. The molecule has 0 spiro atoms. The molecule has 2 heterocycles. The Balaban J connectivity index is 1.91. The summed E-state index contributed by atoms with van der Waals surface area (Å²) in [7, 11) is 0. The van der Waals surface area contributed by atoms with Gasteiger partial charge in [0, 0.05) is 6.92 Å². The highest BCUT2D eigenvalue weighted by molar-refractivity contribution is 4.79. The average Bonchev–Trinajstić information content (AvgIpc) is 2.62. The van der Waals surface area contributed by atoms with E-state index in [4.69, 9.17) is 14.4 Å². The third-order valence-corrected chi connectivity index (χ3v) is 1.74. The number of hydrogen-bond acceptors (Lipinski definition) is 6. The fourth-order valence-electron chi connectivity index (χ4n) is 1.19. The van der Waals surface area contributed by atoms with E-state index in [-0.39, 0.29) is 0 Å². The van der Waals surface area contributed by atoms with Crippen LogP contribution in [-0.2, 0) is 11.4 Å². The number of rotatable bonds is 2. The van der Waals surface area contributed by atoms with Crippen LogP contribution in [0.15, 0.2) is 4.42 Å². The van der Waals surface area contributed by atoms with Crippen molar-refractivity contribution >= 4 is 0 Å². The molecule has 1 N–H and O–H groups in total. The van der Waals surface area contributed by atoms with Crippen molar-refractivity contribution in [3.05, 3.63) is 11.8 Å². The van der Waals surface area contributed by atoms with E-state index in [1.165, 1.54) is 0 Å². The van der Waals surface area contributed by atoms with E-state index in [0.717, 1.165) is 0 Å². The summed E-state index contributed by atoms with van der Waals surface area (Å²) >= 11 is 0. The Bertz CT molecular complexity index is 288. The Morgan fingerprint density at radius 1 is 1.62 bits per heavy atom. The zero-order valence-electron chi connectivity index (χ0n) is 7.30. The maximum absolute atomic E-state index is 9.15.